The van der Waals surface area contributed by atoms with Crippen LogP contribution in [0.1, 0.15) is 24.2 Å². The number of nitrogens with one attached hydrogen (secondary N) is 2. The maximum atomic E-state index is 11.9. The highest BCUT2D eigenvalue weighted by Crippen LogP contribution is 2.12. The van der Waals surface area contributed by atoms with Gasteiger partial charge in [0.05, 0.1) is 11.3 Å². The standard InChI is InChI=1S/C12H19N3O2S/c1-3-14-11-5-6-13-9-10(11)12(16)15-7-8-18(17)4-2/h5-6,9H,3-4,7-8H2,1-2H3,(H,13,14)(H,15,16). The van der Waals surface area contributed by atoms with E-state index in [-0.39, 0.29) is 5.91 Å². The topological polar surface area (TPSA) is 71.1 Å². The highest BCUT2D eigenvalue weighted by Gasteiger charge is 2.10. The lowest BCUT2D eigenvalue weighted by atomic mass is 10.2. The molecule has 1 unspecified atom stereocenters. The minimum Gasteiger partial charge on any atom is -0.385 e. The Bertz CT molecular complexity index is 424. The van der Waals surface area contributed by atoms with Crippen molar-refractivity contribution in [3.8, 4) is 0 Å². The van der Waals surface area contributed by atoms with Crippen LogP contribution in [0.15, 0.2) is 18.5 Å². The summed E-state index contributed by atoms with van der Waals surface area (Å²) in [5, 5.41) is 5.86. The van der Waals surface area contributed by atoms with Gasteiger partial charge < -0.3 is 10.6 Å². The van der Waals surface area contributed by atoms with Crippen LogP contribution < -0.4 is 10.6 Å². The van der Waals surface area contributed by atoms with Crippen LogP contribution in [0, 0.1) is 0 Å². The molecule has 1 heterocycles. The third-order valence-electron chi connectivity index (χ3n) is 2.37. The summed E-state index contributed by atoms with van der Waals surface area (Å²) in [7, 11) is -0.855. The molecule has 0 aliphatic heterocycles. The summed E-state index contributed by atoms with van der Waals surface area (Å²) in [5.74, 6) is 0.914. The number of hydrogen-bond acceptors (Lipinski definition) is 4. The van der Waals surface area contributed by atoms with Crippen LogP contribution >= 0.6 is 0 Å². The molecule has 1 rings (SSSR count). The van der Waals surface area contributed by atoms with Gasteiger partial charge in [0, 0.05) is 47.8 Å². The normalized spacial score (nSPS) is 11.9. The van der Waals surface area contributed by atoms with Crippen molar-refractivity contribution in [2.45, 2.75) is 13.8 Å². The first-order chi connectivity index (χ1) is 8.69. The number of hydrogen-bond donors (Lipinski definition) is 2. The van der Waals surface area contributed by atoms with E-state index in [1.807, 2.05) is 13.8 Å². The van der Waals surface area contributed by atoms with Crippen molar-refractivity contribution in [1.29, 1.82) is 0 Å². The molecular formula is C12H19N3O2S. The number of carbonyl (C=O) groups is 1. The monoisotopic (exact) mass is 269 g/mol. The van der Waals surface area contributed by atoms with Crippen LogP contribution in [0.4, 0.5) is 5.69 Å². The van der Waals surface area contributed by atoms with Gasteiger partial charge in [-0.2, -0.15) is 0 Å². The first-order valence-electron chi connectivity index (χ1n) is 6.00. The zero-order valence-corrected chi connectivity index (χ0v) is 11.5. The molecular weight excluding hydrogens is 250 g/mol. The number of rotatable bonds is 7. The fourth-order valence-electron chi connectivity index (χ4n) is 1.44. The maximum absolute atomic E-state index is 11.9. The quantitative estimate of drug-likeness (QED) is 0.775. The van der Waals surface area contributed by atoms with E-state index in [0.717, 1.165) is 12.2 Å². The number of nitrogens with zero attached hydrogens (tertiary/aromatic N) is 1. The van der Waals surface area contributed by atoms with E-state index in [9.17, 15) is 9.00 Å². The van der Waals surface area contributed by atoms with Crippen LogP contribution in [-0.2, 0) is 10.8 Å². The summed E-state index contributed by atoms with van der Waals surface area (Å²) < 4.78 is 11.2. The van der Waals surface area contributed by atoms with Crippen LogP contribution in [-0.4, -0.2) is 39.7 Å². The average Bonchev–Trinajstić information content (AvgIpc) is 2.39. The highest BCUT2D eigenvalue weighted by atomic mass is 32.2. The Hall–Kier alpha value is -1.43. The highest BCUT2D eigenvalue weighted by molar-refractivity contribution is 7.84. The maximum Gasteiger partial charge on any atom is 0.254 e. The minimum atomic E-state index is -0.855. The Kier molecular flexibility index (Phi) is 6.35. The van der Waals surface area contributed by atoms with Gasteiger partial charge in [-0.1, -0.05) is 6.92 Å². The van der Waals surface area contributed by atoms with Gasteiger partial charge in [-0.05, 0) is 13.0 Å². The first-order valence-corrected chi connectivity index (χ1v) is 7.48. The predicted molar refractivity (Wildman–Crippen MR) is 74.3 cm³/mol. The second-order valence-electron chi connectivity index (χ2n) is 3.64. The minimum absolute atomic E-state index is 0.188. The molecule has 0 bridgehead atoms. The van der Waals surface area contributed by atoms with Gasteiger partial charge in [-0.15, -0.1) is 0 Å². The van der Waals surface area contributed by atoms with Gasteiger partial charge in [-0.3, -0.25) is 14.0 Å². The van der Waals surface area contributed by atoms with E-state index < -0.39 is 10.8 Å². The Morgan fingerprint density at radius 2 is 2.22 bits per heavy atom. The van der Waals surface area contributed by atoms with Crippen LogP contribution in [0.25, 0.3) is 0 Å². The zero-order valence-electron chi connectivity index (χ0n) is 10.7. The van der Waals surface area contributed by atoms with E-state index in [4.69, 9.17) is 0 Å². The Labute approximate surface area is 110 Å². The molecule has 1 amide bonds. The summed E-state index contributed by atoms with van der Waals surface area (Å²) in [4.78, 5) is 15.9. The third kappa shape index (κ3) is 4.44. The summed E-state index contributed by atoms with van der Waals surface area (Å²) in [6, 6.07) is 1.77. The molecule has 6 heteroatoms. The molecule has 1 aromatic rings. The van der Waals surface area contributed by atoms with Gasteiger partial charge in [0.1, 0.15) is 0 Å². The van der Waals surface area contributed by atoms with Crippen LogP contribution in [0.5, 0.6) is 0 Å². The van der Waals surface area contributed by atoms with E-state index in [1.165, 1.54) is 6.20 Å². The molecule has 0 spiro atoms. The number of anilines is 1. The Morgan fingerprint density at radius 1 is 1.44 bits per heavy atom. The molecule has 0 aliphatic carbocycles. The van der Waals surface area contributed by atoms with Crippen molar-refractivity contribution in [3.05, 3.63) is 24.0 Å². The second-order valence-corrected chi connectivity index (χ2v) is 5.51. The molecule has 0 fully saturated rings. The molecule has 1 aromatic heterocycles. The lowest BCUT2D eigenvalue weighted by molar-refractivity contribution is 0.0956. The summed E-state index contributed by atoms with van der Waals surface area (Å²) in [5.41, 5.74) is 1.28. The van der Waals surface area contributed by atoms with Gasteiger partial charge in [0.15, 0.2) is 0 Å². The fourth-order valence-corrected chi connectivity index (χ4v) is 2.06. The van der Waals surface area contributed by atoms with E-state index in [0.29, 0.717) is 23.6 Å². The lowest BCUT2D eigenvalue weighted by Crippen LogP contribution is -2.28. The lowest BCUT2D eigenvalue weighted by Gasteiger charge is -2.10. The predicted octanol–water partition coefficient (Wildman–Crippen LogP) is 1.01. The van der Waals surface area contributed by atoms with Crippen LogP contribution in [0.3, 0.4) is 0 Å². The second kappa shape index (κ2) is 7.81. The number of carbonyl (C=O) groups excluding carboxylic acids is 1. The SMILES string of the molecule is CCNc1ccncc1C(=O)NCCS(=O)CC. The summed E-state index contributed by atoms with van der Waals surface area (Å²) in [6.45, 7) is 4.98. The fraction of sp³-hybridized carbons (Fsp3) is 0.500. The molecule has 1 atom stereocenters. The molecule has 100 valence electrons. The van der Waals surface area contributed by atoms with Crippen LogP contribution in [0.2, 0.25) is 0 Å². The first kappa shape index (κ1) is 14.6. The average molecular weight is 269 g/mol. The van der Waals surface area contributed by atoms with Crippen molar-refractivity contribution in [2.24, 2.45) is 0 Å². The third-order valence-corrected chi connectivity index (χ3v) is 3.67. The molecule has 2 N–H and O–H groups in total. The van der Waals surface area contributed by atoms with E-state index >= 15 is 0 Å². The van der Waals surface area contributed by atoms with Crippen molar-refractivity contribution in [3.63, 3.8) is 0 Å². The molecule has 18 heavy (non-hydrogen) atoms. The molecule has 0 saturated heterocycles. The largest absolute Gasteiger partial charge is 0.385 e. The summed E-state index contributed by atoms with van der Waals surface area (Å²) in [6.07, 6.45) is 3.17. The van der Waals surface area contributed by atoms with Gasteiger partial charge in [-0.25, -0.2) is 0 Å². The number of amides is 1. The molecule has 5 nitrogen and oxygen atoms in total. The van der Waals surface area contributed by atoms with Crippen molar-refractivity contribution in [1.82, 2.24) is 10.3 Å². The van der Waals surface area contributed by atoms with Gasteiger partial charge in [0.25, 0.3) is 5.91 Å². The van der Waals surface area contributed by atoms with E-state index in [2.05, 4.69) is 15.6 Å². The molecule has 0 aromatic carbocycles. The zero-order chi connectivity index (χ0) is 13.4. The molecule has 0 aliphatic rings. The van der Waals surface area contributed by atoms with Gasteiger partial charge >= 0.3 is 0 Å². The smallest absolute Gasteiger partial charge is 0.254 e. The van der Waals surface area contributed by atoms with Crippen molar-refractivity contribution >= 4 is 22.4 Å². The number of aromatic nitrogens is 1. The number of pyridine rings is 1. The van der Waals surface area contributed by atoms with E-state index in [1.54, 1.807) is 12.3 Å². The van der Waals surface area contributed by atoms with Gasteiger partial charge in [0.2, 0.25) is 0 Å². The molecule has 0 saturated carbocycles. The Balaban J connectivity index is 2.58. The van der Waals surface area contributed by atoms with Crippen molar-refractivity contribution < 1.29 is 9.00 Å². The Morgan fingerprint density at radius 3 is 2.89 bits per heavy atom. The molecule has 0 radical (unpaired) electrons. The summed E-state index contributed by atoms with van der Waals surface area (Å²) >= 11 is 0. The van der Waals surface area contributed by atoms with Crippen molar-refractivity contribution in [2.75, 3.05) is 29.9 Å².